The zero-order valence-electron chi connectivity index (χ0n) is 7.53. The minimum absolute atomic E-state index is 0.331. The zero-order valence-corrected chi connectivity index (χ0v) is 8.28. The third-order valence-electron chi connectivity index (χ3n) is 1.97. The summed E-state index contributed by atoms with van der Waals surface area (Å²) in [6, 6.07) is 0.331. The Morgan fingerprint density at radius 2 is 2.08 bits per heavy atom. The van der Waals surface area contributed by atoms with Gasteiger partial charge in [0, 0.05) is 17.6 Å². The first-order valence-electron chi connectivity index (χ1n) is 4.17. The van der Waals surface area contributed by atoms with Crippen LogP contribution in [0.25, 0.3) is 10.9 Å². The first kappa shape index (κ1) is 8.51. The zero-order chi connectivity index (χ0) is 9.42. The smallest absolute Gasteiger partial charge is 0.0883 e. The van der Waals surface area contributed by atoms with Crippen LogP contribution in [0.15, 0.2) is 18.6 Å². The Hall–Kier alpha value is -1.09. The summed E-state index contributed by atoms with van der Waals surface area (Å²) in [5.74, 6) is 0. The molecule has 2 rings (SSSR count). The van der Waals surface area contributed by atoms with Gasteiger partial charge < -0.3 is 0 Å². The second kappa shape index (κ2) is 3.00. The summed E-state index contributed by atoms with van der Waals surface area (Å²) in [7, 11) is 0. The van der Waals surface area contributed by atoms with Crippen LogP contribution < -0.4 is 0 Å². The van der Waals surface area contributed by atoms with Crippen LogP contribution in [0, 0.1) is 0 Å². The summed E-state index contributed by atoms with van der Waals surface area (Å²) in [5, 5.41) is 5.87. The molecule has 0 saturated heterocycles. The van der Waals surface area contributed by atoms with E-state index in [2.05, 4.69) is 23.9 Å². The molecule has 4 heteroatoms. The third kappa shape index (κ3) is 1.29. The summed E-state index contributed by atoms with van der Waals surface area (Å²) < 4.78 is 1.91. The molecule has 0 aliphatic heterocycles. The molecule has 2 aromatic rings. The van der Waals surface area contributed by atoms with Gasteiger partial charge in [-0.05, 0) is 13.8 Å². The van der Waals surface area contributed by atoms with Gasteiger partial charge in [-0.15, -0.1) is 0 Å². The van der Waals surface area contributed by atoms with Crippen LogP contribution in [0.3, 0.4) is 0 Å². The van der Waals surface area contributed by atoms with Gasteiger partial charge in [-0.2, -0.15) is 5.10 Å². The van der Waals surface area contributed by atoms with Crippen LogP contribution in [0.4, 0.5) is 0 Å². The third-order valence-corrected chi connectivity index (χ3v) is 2.27. The van der Waals surface area contributed by atoms with Crippen molar-refractivity contribution in [2.75, 3.05) is 0 Å². The van der Waals surface area contributed by atoms with E-state index in [0.717, 1.165) is 10.9 Å². The van der Waals surface area contributed by atoms with E-state index < -0.39 is 0 Å². The van der Waals surface area contributed by atoms with E-state index in [-0.39, 0.29) is 0 Å². The fraction of sp³-hybridized carbons (Fsp3) is 0.333. The fourth-order valence-corrected chi connectivity index (χ4v) is 1.54. The molecule has 2 heterocycles. The highest BCUT2D eigenvalue weighted by atomic mass is 35.5. The molecule has 0 unspecified atom stereocenters. The van der Waals surface area contributed by atoms with E-state index >= 15 is 0 Å². The second-order valence-electron chi connectivity index (χ2n) is 3.24. The highest BCUT2D eigenvalue weighted by Gasteiger charge is 2.07. The number of hydrogen-bond acceptors (Lipinski definition) is 2. The number of rotatable bonds is 1. The maximum atomic E-state index is 5.96. The topological polar surface area (TPSA) is 30.7 Å². The Bertz CT molecular complexity index is 433. The minimum atomic E-state index is 0.331. The van der Waals surface area contributed by atoms with Crippen LogP contribution in [0.1, 0.15) is 19.9 Å². The normalized spacial score (nSPS) is 11.4. The van der Waals surface area contributed by atoms with Gasteiger partial charge in [-0.3, -0.25) is 9.67 Å². The molecule has 0 fully saturated rings. The number of fused-ring (bicyclic) bond motifs is 1. The minimum Gasteiger partial charge on any atom is -0.261 e. The van der Waals surface area contributed by atoms with Crippen LogP contribution in [0.2, 0.25) is 5.02 Å². The Balaban J connectivity index is 2.75. The largest absolute Gasteiger partial charge is 0.261 e. The van der Waals surface area contributed by atoms with Crippen molar-refractivity contribution in [3.8, 4) is 0 Å². The van der Waals surface area contributed by atoms with Crippen LogP contribution >= 0.6 is 11.6 Å². The molecule has 68 valence electrons. The Morgan fingerprint density at radius 3 is 2.77 bits per heavy atom. The number of hydrogen-bond donors (Lipinski definition) is 0. The summed E-state index contributed by atoms with van der Waals surface area (Å²) in [6.07, 6.45) is 5.20. The molecule has 13 heavy (non-hydrogen) atoms. The number of pyridine rings is 1. The molecule has 0 aromatic carbocycles. The van der Waals surface area contributed by atoms with Crippen molar-refractivity contribution in [1.82, 2.24) is 14.8 Å². The quantitative estimate of drug-likeness (QED) is 0.701. The first-order chi connectivity index (χ1) is 6.20. The van der Waals surface area contributed by atoms with Crippen LogP contribution in [-0.4, -0.2) is 14.8 Å². The van der Waals surface area contributed by atoms with Crippen molar-refractivity contribution < 1.29 is 0 Å². The SMILES string of the molecule is CC(C)n1ncc2c(Cl)cncc21. The van der Waals surface area contributed by atoms with Gasteiger partial charge in [0.25, 0.3) is 0 Å². The van der Waals surface area contributed by atoms with E-state index in [1.807, 2.05) is 4.68 Å². The molecule has 0 amide bonds. The molecule has 0 radical (unpaired) electrons. The van der Waals surface area contributed by atoms with Crippen LogP contribution in [-0.2, 0) is 0 Å². The molecule has 0 spiro atoms. The Labute approximate surface area is 81.3 Å². The summed E-state index contributed by atoms with van der Waals surface area (Å²) in [4.78, 5) is 4.03. The molecule has 0 bridgehead atoms. The molecule has 2 aromatic heterocycles. The Kier molecular flexibility index (Phi) is 1.96. The lowest BCUT2D eigenvalue weighted by Gasteiger charge is -2.05. The van der Waals surface area contributed by atoms with Crippen molar-refractivity contribution in [3.63, 3.8) is 0 Å². The van der Waals surface area contributed by atoms with E-state index in [1.165, 1.54) is 0 Å². The average molecular weight is 196 g/mol. The van der Waals surface area contributed by atoms with Gasteiger partial charge >= 0.3 is 0 Å². The van der Waals surface area contributed by atoms with Crippen molar-refractivity contribution in [1.29, 1.82) is 0 Å². The van der Waals surface area contributed by atoms with Crippen molar-refractivity contribution in [2.45, 2.75) is 19.9 Å². The molecule has 0 aliphatic rings. The first-order valence-corrected chi connectivity index (χ1v) is 4.54. The lowest BCUT2D eigenvalue weighted by molar-refractivity contribution is 0.550. The van der Waals surface area contributed by atoms with Crippen molar-refractivity contribution >= 4 is 22.5 Å². The fourth-order valence-electron chi connectivity index (χ4n) is 1.34. The van der Waals surface area contributed by atoms with Gasteiger partial charge in [0.2, 0.25) is 0 Å². The standard InChI is InChI=1S/C9H10ClN3/c1-6(2)13-9-5-11-4-8(10)7(9)3-12-13/h3-6H,1-2H3. The van der Waals surface area contributed by atoms with Crippen LogP contribution in [0.5, 0.6) is 0 Å². The number of aromatic nitrogens is 3. The van der Waals surface area contributed by atoms with E-state index in [0.29, 0.717) is 11.1 Å². The molecule has 0 aliphatic carbocycles. The summed E-state index contributed by atoms with van der Waals surface area (Å²) in [5.41, 5.74) is 0.988. The van der Waals surface area contributed by atoms with Gasteiger partial charge in [-0.1, -0.05) is 11.6 Å². The highest BCUT2D eigenvalue weighted by Crippen LogP contribution is 2.23. The number of halogens is 1. The van der Waals surface area contributed by atoms with E-state index in [4.69, 9.17) is 11.6 Å². The maximum Gasteiger partial charge on any atom is 0.0883 e. The van der Waals surface area contributed by atoms with Gasteiger partial charge in [0.1, 0.15) is 0 Å². The second-order valence-corrected chi connectivity index (χ2v) is 3.64. The Morgan fingerprint density at radius 1 is 1.31 bits per heavy atom. The van der Waals surface area contributed by atoms with E-state index in [1.54, 1.807) is 18.6 Å². The predicted octanol–water partition coefficient (Wildman–Crippen LogP) is 2.67. The molecule has 0 atom stereocenters. The number of nitrogens with zero attached hydrogens (tertiary/aromatic N) is 3. The van der Waals surface area contributed by atoms with Gasteiger partial charge in [-0.25, -0.2) is 0 Å². The molecular weight excluding hydrogens is 186 g/mol. The average Bonchev–Trinajstić information content (AvgIpc) is 2.48. The predicted molar refractivity (Wildman–Crippen MR) is 52.9 cm³/mol. The lowest BCUT2D eigenvalue weighted by Crippen LogP contribution is -2.01. The maximum absolute atomic E-state index is 5.96. The highest BCUT2D eigenvalue weighted by molar-refractivity contribution is 6.35. The molecular formula is C9H10ClN3. The lowest BCUT2D eigenvalue weighted by atomic mass is 10.3. The molecule has 0 N–H and O–H groups in total. The van der Waals surface area contributed by atoms with Gasteiger partial charge in [0.05, 0.1) is 22.9 Å². The monoisotopic (exact) mass is 195 g/mol. The van der Waals surface area contributed by atoms with Gasteiger partial charge in [0.15, 0.2) is 0 Å². The van der Waals surface area contributed by atoms with Crippen molar-refractivity contribution in [3.05, 3.63) is 23.6 Å². The van der Waals surface area contributed by atoms with E-state index in [9.17, 15) is 0 Å². The summed E-state index contributed by atoms with van der Waals surface area (Å²) >= 11 is 5.96. The molecule has 3 nitrogen and oxygen atoms in total. The molecule has 0 saturated carbocycles. The summed E-state index contributed by atoms with van der Waals surface area (Å²) in [6.45, 7) is 4.15. The van der Waals surface area contributed by atoms with Crippen molar-refractivity contribution in [2.24, 2.45) is 0 Å².